The number of amides is 2. The standard InChI is InChI=1S/C17H15N3O2S2/c1-10-15(24-11(2)18-10)17(22)20-13-7-4-3-6-12(13)19-16(21)14-8-5-9-23-14/h3-9H,1-2H3,(H,19,21)(H,20,22). The summed E-state index contributed by atoms with van der Waals surface area (Å²) in [5.74, 6) is -0.424. The molecule has 2 aromatic heterocycles. The van der Waals surface area contributed by atoms with E-state index in [9.17, 15) is 9.59 Å². The van der Waals surface area contributed by atoms with Gasteiger partial charge in [-0.15, -0.1) is 22.7 Å². The summed E-state index contributed by atoms with van der Waals surface area (Å²) < 4.78 is 0. The molecule has 0 bridgehead atoms. The lowest BCUT2D eigenvalue weighted by atomic mass is 10.2. The summed E-state index contributed by atoms with van der Waals surface area (Å²) in [7, 11) is 0. The van der Waals surface area contributed by atoms with Crippen LogP contribution in [0.5, 0.6) is 0 Å². The maximum absolute atomic E-state index is 12.5. The molecule has 24 heavy (non-hydrogen) atoms. The van der Waals surface area contributed by atoms with Gasteiger partial charge in [0.25, 0.3) is 11.8 Å². The number of carbonyl (C=O) groups excluding carboxylic acids is 2. The molecule has 122 valence electrons. The van der Waals surface area contributed by atoms with Crippen LogP contribution < -0.4 is 10.6 Å². The predicted molar refractivity (Wildman–Crippen MR) is 98.3 cm³/mol. The zero-order valence-corrected chi connectivity index (χ0v) is 14.8. The molecular weight excluding hydrogens is 342 g/mol. The van der Waals surface area contributed by atoms with Crippen molar-refractivity contribution in [1.29, 1.82) is 0 Å². The fourth-order valence-electron chi connectivity index (χ4n) is 2.21. The molecule has 1 aromatic carbocycles. The summed E-state index contributed by atoms with van der Waals surface area (Å²) in [4.78, 5) is 30.1. The first-order valence-electron chi connectivity index (χ1n) is 7.24. The number of carbonyl (C=O) groups is 2. The van der Waals surface area contributed by atoms with Crippen LogP contribution in [0.1, 0.15) is 30.0 Å². The van der Waals surface area contributed by atoms with Crippen molar-refractivity contribution in [2.24, 2.45) is 0 Å². The van der Waals surface area contributed by atoms with Crippen LogP contribution in [0.3, 0.4) is 0 Å². The van der Waals surface area contributed by atoms with Crippen LogP contribution in [0, 0.1) is 13.8 Å². The van der Waals surface area contributed by atoms with Gasteiger partial charge in [0.05, 0.1) is 27.0 Å². The molecule has 5 nitrogen and oxygen atoms in total. The van der Waals surface area contributed by atoms with Crippen molar-refractivity contribution in [2.45, 2.75) is 13.8 Å². The Morgan fingerprint density at radius 3 is 2.17 bits per heavy atom. The number of thiophene rings is 1. The van der Waals surface area contributed by atoms with Crippen molar-refractivity contribution in [2.75, 3.05) is 10.6 Å². The van der Waals surface area contributed by atoms with Crippen molar-refractivity contribution in [3.8, 4) is 0 Å². The highest BCUT2D eigenvalue weighted by molar-refractivity contribution is 7.13. The quantitative estimate of drug-likeness (QED) is 0.730. The van der Waals surface area contributed by atoms with E-state index in [0.29, 0.717) is 26.8 Å². The topological polar surface area (TPSA) is 71.1 Å². The van der Waals surface area contributed by atoms with Crippen LogP contribution in [0.25, 0.3) is 0 Å². The van der Waals surface area contributed by atoms with E-state index in [0.717, 1.165) is 5.01 Å². The van der Waals surface area contributed by atoms with Crippen LogP contribution in [-0.4, -0.2) is 16.8 Å². The van der Waals surface area contributed by atoms with E-state index in [2.05, 4.69) is 15.6 Å². The lowest BCUT2D eigenvalue weighted by molar-refractivity contribution is 0.101. The van der Waals surface area contributed by atoms with Gasteiger partial charge < -0.3 is 10.6 Å². The van der Waals surface area contributed by atoms with Crippen LogP contribution in [0.4, 0.5) is 11.4 Å². The molecule has 2 amide bonds. The molecule has 2 N–H and O–H groups in total. The fourth-order valence-corrected chi connectivity index (χ4v) is 3.65. The SMILES string of the molecule is Cc1nc(C)c(C(=O)Nc2ccccc2NC(=O)c2cccs2)s1. The van der Waals surface area contributed by atoms with Gasteiger partial charge in [-0.2, -0.15) is 0 Å². The number of benzene rings is 1. The van der Waals surface area contributed by atoms with E-state index in [1.165, 1.54) is 22.7 Å². The lowest BCUT2D eigenvalue weighted by Gasteiger charge is -2.11. The summed E-state index contributed by atoms with van der Waals surface area (Å²) in [6, 6.07) is 10.7. The van der Waals surface area contributed by atoms with Crippen molar-refractivity contribution >= 4 is 45.9 Å². The van der Waals surface area contributed by atoms with Gasteiger partial charge in [0.1, 0.15) is 4.88 Å². The van der Waals surface area contributed by atoms with E-state index in [1.807, 2.05) is 31.4 Å². The van der Waals surface area contributed by atoms with Gasteiger partial charge in [0, 0.05) is 0 Å². The highest BCUT2D eigenvalue weighted by Crippen LogP contribution is 2.25. The summed E-state index contributed by atoms with van der Waals surface area (Å²) in [5.41, 5.74) is 1.82. The Hall–Kier alpha value is -2.51. The van der Waals surface area contributed by atoms with Gasteiger partial charge >= 0.3 is 0 Å². The fraction of sp³-hybridized carbons (Fsp3) is 0.118. The second kappa shape index (κ2) is 6.94. The lowest BCUT2D eigenvalue weighted by Crippen LogP contribution is -2.16. The third kappa shape index (κ3) is 3.52. The van der Waals surface area contributed by atoms with Crippen LogP contribution in [0.15, 0.2) is 41.8 Å². The largest absolute Gasteiger partial charge is 0.319 e. The first-order valence-corrected chi connectivity index (χ1v) is 8.93. The number of aryl methyl sites for hydroxylation is 2. The molecule has 0 saturated heterocycles. The smallest absolute Gasteiger partial charge is 0.267 e. The van der Waals surface area contributed by atoms with Gasteiger partial charge in [0.2, 0.25) is 0 Å². The first-order chi connectivity index (χ1) is 11.5. The summed E-state index contributed by atoms with van der Waals surface area (Å²) >= 11 is 2.72. The number of rotatable bonds is 4. The maximum atomic E-state index is 12.5. The molecule has 0 spiro atoms. The van der Waals surface area contributed by atoms with Gasteiger partial charge in [-0.3, -0.25) is 9.59 Å². The number of hydrogen-bond donors (Lipinski definition) is 2. The first kappa shape index (κ1) is 16.4. The Labute approximate surface area is 147 Å². The molecule has 7 heteroatoms. The average Bonchev–Trinajstić information content (AvgIpc) is 3.18. The molecule has 0 unspecified atom stereocenters. The molecule has 0 saturated carbocycles. The molecule has 0 radical (unpaired) electrons. The monoisotopic (exact) mass is 357 g/mol. The van der Waals surface area contributed by atoms with Crippen LogP contribution in [0.2, 0.25) is 0 Å². The summed E-state index contributed by atoms with van der Waals surface area (Å²) in [6.45, 7) is 3.67. The normalized spacial score (nSPS) is 10.4. The van der Waals surface area contributed by atoms with Crippen molar-refractivity contribution in [3.05, 3.63) is 62.2 Å². The van der Waals surface area contributed by atoms with E-state index >= 15 is 0 Å². The molecule has 3 rings (SSSR count). The molecule has 0 atom stereocenters. The van der Waals surface area contributed by atoms with E-state index in [1.54, 1.807) is 24.3 Å². The van der Waals surface area contributed by atoms with E-state index in [4.69, 9.17) is 0 Å². The Morgan fingerprint density at radius 1 is 0.958 bits per heavy atom. The van der Waals surface area contributed by atoms with Crippen molar-refractivity contribution < 1.29 is 9.59 Å². The number of thiazole rings is 1. The minimum Gasteiger partial charge on any atom is -0.319 e. The third-order valence-electron chi connectivity index (χ3n) is 3.28. The average molecular weight is 357 g/mol. The van der Waals surface area contributed by atoms with Gasteiger partial charge in [0.15, 0.2) is 0 Å². The number of anilines is 2. The zero-order valence-electron chi connectivity index (χ0n) is 13.1. The molecule has 0 aliphatic rings. The second-order valence-electron chi connectivity index (χ2n) is 5.08. The number of para-hydroxylation sites is 2. The molecule has 0 fully saturated rings. The molecule has 0 aliphatic carbocycles. The van der Waals surface area contributed by atoms with Gasteiger partial charge in [-0.25, -0.2) is 4.98 Å². The van der Waals surface area contributed by atoms with Crippen molar-refractivity contribution in [1.82, 2.24) is 4.98 Å². The highest BCUT2D eigenvalue weighted by Gasteiger charge is 2.16. The number of nitrogens with one attached hydrogen (secondary N) is 2. The minimum atomic E-state index is -0.226. The summed E-state index contributed by atoms with van der Waals surface area (Å²) in [6.07, 6.45) is 0. The number of hydrogen-bond acceptors (Lipinski definition) is 5. The Bertz CT molecular complexity index is 885. The predicted octanol–water partition coefficient (Wildman–Crippen LogP) is 4.33. The number of nitrogens with zero attached hydrogens (tertiary/aromatic N) is 1. The summed E-state index contributed by atoms with van der Waals surface area (Å²) in [5, 5.41) is 8.38. The van der Waals surface area contributed by atoms with Crippen molar-refractivity contribution in [3.63, 3.8) is 0 Å². The number of aromatic nitrogens is 1. The Balaban J connectivity index is 1.80. The second-order valence-corrected chi connectivity index (χ2v) is 7.23. The van der Waals surface area contributed by atoms with Crippen LogP contribution in [-0.2, 0) is 0 Å². The molecule has 2 heterocycles. The van der Waals surface area contributed by atoms with Gasteiger partial charge in [-0.05, 0) is 37.4 Å². The van der Waals surface area contributed by atoms with E-state index in [-0.39, 0.29) is 11.8 Å². The molecule has 3 aromatic rings. The van der Waals surface area contributed by atoms with Crippen LogP contribution >= 0.6 is 22.7 Å². The Kier molecular flexibility index (Phi) is 4.73. The molecular formula is C17H15N3O2S2. The zero-order chi connectivity index (χ0) is 17.1. The van der Waals surface area contributed by atoms with Gasteiger partial charge in [-0.1, -0.05) is 18.2 Å². The highest BCUT2D eigenvalue weighted by atomic mass is 32.1. The molecule has 0 aliphatic heterocycles. The van der Waals surface area contributed by atoms with E-state index < -0.39 is 0 Å². The Morgan fingerprint density at radius 2 is 1.62 bits per heavy atom. The third-order valence-corrected chi connectivity index (χ3v) is 5.22. The maximum Gasteiger partial charge on any atom is 0.267 e. The minimum absolute atomic E-state index is 0.198.